The van der Waals surface area contributed by atoms with E-state index < -0.39 is 31.4 Å². The highest BCUT2D eigenvalue weighted by atomic mass is 16.5. The van der Waals surface area contributed by atoms with Gasteiger partial charge >= 0.3 is 0 Å². The van der Waals surface area contributed by atoms with Gasteiger partial charge in [0.1, 0.15) is 24.0 Å². The standard InChI is InChI=1S/C70H68N4O/c1-67(2,3)45-30-32-55-53-22-13-14-23-54(53)58-26-18-25-52(44-36-47(69(7,8)9)38-48(37-44)70(10,11)12)65(58)73-43-72(62-29-19-27-59(66(62)73)60(55)39-45)49-20-17-21-50(41-49)75-51-31-33-57-56-24-15-16-28-61(56)74(63(57)42-51)64-40-46(34-35-71-64)68(4,5)6/h13-42H,43H2,1-12H3/i7D3,8D3,9D3. The van der Waals surface area contributed by atoms with E-state index in [1.165, 1.54) is 23.3 Å². The van der Waals surface area contributed by atoms with E-state index in [1.807, 2.05) is 69.4 Å². The number of benzene rings is 8. The number of ether oxygens (including phenoxy) is 1. The van der Waals surface area contributed by atoms with Crippen molar-refractivity contribution < 1.29 is 17.1 Å². The molecule has 0 unspecified atom stereocenters. The zero-order chi connectivity index (χ0) is 59.8. The zero-order valence-electron chi connectivity index (χ0n) is 53.2. The van der Waals surface area contributed by atoms with Crippen molar-refractivity contribution in [1.82, 2.24) is 14.1 Å². The minimum Gasteiger partial charge on any atom is -0.457 e. The molecule has 75 heavy (non-hydrogen) atoms. The van der Waals surface area contributed by atoms with E-state index in [2.05, 4.69) is 177 Å². The number of hydrogen-bond donors (Lipinski definition) is 0. The highest BCUT2D eigenvalue weighted by molar-refractivity contribution is 6.22. The monoisotopic (exact) mass is 990 g/mol. The first kappa shape index (κ1) is 38.7. The van der Waals surface area contributed by atoms with Crippen LogP contribution < -0.4 is 9.64 Å². The number of fused-ring (bicyclic) bond motifs is 10. The first-order valence-electron chi connectivity index (χ1n) is 30.5. The summed E-state index contributed by atoms with van der Waals surface area (Å²) in [7, 11) is 0. The van der Waals surface area contributed by atoms with Gasteiger partial charge in [0.2, 0.25) is 0 Å². The van der Waals surface area contributed by atoms with E-state index in [4.69, 9.17) is 22.1 Å². The molecule has 0 saturated heterocycles. The van der Waals surface area contributed by atoms with Gasteiger partial charge in [0.05, 0.1) is 27.8 Å². The molecule has 4 heterocycles. The summed E-state index contributed by atoms with van der Waals surface area (Å²) >= 11 is 0. The Morgan fingerprint density at radius 1 is 0.440 bits per heavy atom. The highest BCUT2D eigenvalue weighted by Gasteiger charge is 2.28. The summed E-state index contributed by atoms with van der Waals surface area (Å²) in [5.74, 6) is 2.11. The summed E-state index contributed by atoms with van der Waals surface area (Å²) < 4.78 is 91.1. The molecule has 0 radical (unpaired) electrons. The molecule has 0 amide bonds. The van der Waals surface area contributed by atoms with E-state index >= 15 is 0 Å². The lowest BCUT2D eigenvalue weighted by atomic mass is 9.78. The van der Waals surface area contributed by atoms with Gasteiger partial charge in [0.15, 0.2) is 0 Å². The van der Waals surface area contributed by atoms with Crippen LogP contribution >= 0.6 is 0 Å². The molecule has 3 aromatic heterocycles. The molecule has 5 heteroatoms. The molecule has 1 aliphatic rings. The third-order valence-corrected chi connectivity index (χ3v) is 15.2. The molecule has 8 aromatic carbocycles. The van der Waals surface area contributed by atoms with Crippen LogP contribution in [0.5, 0.6) is 11.5 Å². The van der Waals surface area contributed by atoms with Crippen LogP contribution in [0.3, 0.4) is 0 Å². The first-order chi connectivity index (χ1) is 39.5. The summed E-state index contributed by atoms with van der Waals surface area (Å²) in [6.45, 7) is 9.04. The van der Waals surface area contributed by atoms with Crippen LogP contribution in [0.2, 0.25) is 0 Å². The van der Waals surface area contributed by atoms with Gasteiger partial charge in [-0.2, -0.15) is 0 Å². The van der Waals surface area contributed by atoms with Crippen LogP contribution in [0.25, 0.3) is 82.1 Å². The molecule has 374 valence electrons. The average molecular weight is 990 g/mol. The Balaban J connectivity index is 1.11. The van der Waals surface area contributed by atoms with Crippen molar-refractivity contribution in [3.05, 3.63) is 204 Å². The van der Waals surface area contributed by atoms with Gasteiger partial charge in [-0.05, 0) is 126 Å². The molecule has 1 aliphatic heterocycles. The van der Waals surface area contributed by atoms with Crippen LogP contribution in [0.1, 0.15) is 117 Å². The van der Waals surface area contributed by atoms with Crippen molar-refractivity contribution in [2.24, 2.45) is 0 Å². The molecule has 12 rings (SSSR count). The van der Waals surface area contributed by atoms with E-state index in [1.54, 1.807) is 0 Å². The summed E-state index contributed by atoms with van der Waals surface area (Å²) in [5, 5.41) is 8.11. The Bertz CT molecular complexity index is 4510. The fourth-order valence-electron chi connectivity index (χ4n) is 11.2. The van der Waals surface area contributed by atoms with Gasteiger partial charge < -0.3 is 14.2 Å². The number of nitrogens with zero attached hydrogens (tertiary/aromatic N) is 4. The lowest BCUT2D eigenvalue weighted by Gasteiger charge is -2.27. The van der Waals surface area contributed by atoms with Crippen LogP contribution in [-0.2, 0) is 28.3 Å². The Morgan fingerprint density at radius 2 is 1.03 bits per heavy atom. The maximum Gasteiger partial charge on any atom is 0.137 e. The Morgan fingerprint density at radius 3 is 1.76 bits per heavy atom. The van der Waals surface area contributed by atoms with Gasteiger partial charge in [-0.1, -0.05) is 192 Å². The molecule has 0 N–H and O–H groups in total. The largest absolute Gasteiger partial charge is 0.457 e. The first-order valence-corrected chi connectivity index (χ1v) is 26.0. The number of hydrogen-bond acceptors (Lipinski definition) is 3. The maximum atomic E-state index is 8.85. The number of rotatable bonds is 5. The van der Waals surface area contributed by atoms with Crippen molar-refractivity contribution in [3.8, 4) is 28.4 Å². The molecular formula is C70H68N4O. The second kappa shape index (κ2) is 17.3. The molecule has 11 aromatic rings. The molecule has 0 saturated carbocycles. The fraction of sp³-hybridized carbons (Fsp3) is 0.243. The normalized spacial score (nSPS) is 15.5. The summed E-state index contributed by atoms with van der Waals surface area (Å²) in [5.41, 5.74) is 5.13. The van der Waals surface area contributed by atoms with Crippen molar-refractivity contribution >= 4 is 76.5 Å². The smallest absolute Gasteiger partial charge is 0.137 e. The van der Waals surface area contributed by atoms with E-state index in [0.29, 0.717) is 34.9 Å². The molecular weight excluding hydrogens is 913 g/mol. The van der Waals surface area contributed by atoms with Crippen LogP contribution in [-0.4, -0.2) is 14.1 Å². The van der Waals surface area contributed by atoms with Crippen molar-refractivity contribution in [3.63, 3.8) is 0 Å². The van der Waals surface area contributed by atoms with Crippen LogP contribution in [0.15, 0.2) is 182 Å². The fourth-order valence-corrected chi connectivity index (χ4v) is 11.2. The quantitative estimate of drug-likeness (QED) is 0.172. The number of pyridine rings is 1. The minimum absolute atomic E-state index is 0.0817. The highest BCUT2D eigenvalue weighted by Crippen LogP contribution is 2.47. The Hall–Kier alpha value is -7.89. The molecule has 0 atom stereocenters. The molecule has 0 spiro atoms. The summed E-state index contributed by atoms with van der Waals surface area (Å²) in [4.78, 5) is 7.18. The Labute approximate surface area is 455 Å². The van der Waals surface area contributed by atoms with Crippen LogP contribution in [0.4, 0.5) is 11.4 Å². The van der Waals surface area contributed by atoms with Gasteiger partial charge in [0.25, 0.3) is 0 Å². The van der Waals surface area contributed by atoms with E-state index in [0.717, 1.165) is 82.3 Å². The molecule has 0 fully saturated rings. The van der Waals surface area contributed by atoms with Crippen LogP contribution in [0, 0.1) is 0 Å². The zero-order valence-corrected chi connectivity index (χ0v) is 44.2. The molecule has 5 nitrogen and oxygen atoms in total. The van der Waals surface area contributed by atoms with Gasteiger partial charge in [-0.15, -0.1) is 0 Å². The van der Waals surface area contributed by atoms with Crippen molar-refractivity contribution in [2.75, 3.05) is 4.90 Å². The van der Waals surface area contributed by atoms with Gasteiger partial charge in [-0.3, -0.25) is 4.57 Å². The number of anilines is 2. The summed E-state index contributed by atoms with van der Waals surface area (Å²) in [6, 6.07) is 59.5. The average Bonchev–Trinajstić information content (AvgIpc) is 0.949. The third kappa shape index (κ3) is 8.38. The topological polar surface area (TPSA) is 35.2 Å². The lowest BCUT2D eigenvalue weighted by molar-refractivity contribution is 0.483. The number of para-hydroxylation sites is 3. The predicted octanol–water partition coefficient (Wildman–Crippen LogP) is 19.5. The van der Waals surface area contributed by atoms with Crippen molar-refractivity contribution in [2.45, 2.75) is 111 Å². The summed E-state index contributed by atoms with van der Waals surface area (Å²) in [6.07, 6.45) is 1.88. The maximum absolute atomic E-state index is 8.85. The SMILES string of the molecule is [2H]C([2H])([2H])C(c1cc(-c2cccc3c4ccccc4c4ccc(C(C)(C)C)cc4c4cccc5c4n(c23)CN5c2cccc(Oc3ccc4c5ccccc5n(-c5cc(C(C)(C)C)ccn5)c4c3)c2)cc(C(C)(C)C)c1)(C([2H])([2H])[2H])C([2H])([2H])[2H]. The van der Waals surface area contributed by atoms with Gasteiger partial charge in [0, 0.05) is 63.5 Å². The molecule has 0 bridgehead atoms. The number of aromatic nitrogens is 3. The van der Waals surface area contributed by atoms with E-state index in [9.17, 15) is 0 Å². The third-order valence-electron chi connectivity index (χ3n) is 15.2. The second-order valence-corrected chi connectivity index (χ2v) is 23.5. The van der Waals surface area contributed by atoms with Crippen molar-refractivity contribution in [1.29, 1.82) is 0 Å². The van der Waals surface area contributed by atoms with E-state index in [-0.39, 0.29) is 16.4 Å². The predicted molar refractivity (Wildman–Crippen MR) is 320 cm³/mol. The molecule has 0 aliphatic carbocycles. The Kier molecular flexibility index (Phi) is 8.94. The second-order valence-electron chi connectivity index (χ2n) is 23.5. The lowest BCUT2D eigenvalue weighted by Crippen LogP contribution is -2.17. The minimum atomic E-state index is -3.47. The van der Waals surface area contributed by atoms with Gasteiger partial charge in [-0.25, -0.2) is 4.98 Å².